The Balaban J connectivity index is 3.03. The van der Waals surface area contributed by atoms with Crippen molar-refractivity contribution in [2.24, 2.45) is 5.92 Å². The molecular weight excluding hydrogens is 314 g/mol. The third-order valence-corrected chi connectivity index (χ3v) is 3.56. The molecule has 0 fully saturated rings. The average Bonchev–Trinajstić information content (AvgIpc) is 2.48. The molecule has 132 valence electrons. The smallest absolute Gasteiger partial charge is 0.257 e. The number of hydrogen-bond donors (Lipinski definition) is 1. The Labute approximate surface area is 141 Å². The van der Waals surface area contributed by atoms with Crippen molar-refractivity contribution in [3.8, 4) is 0 Å². The molecule has 0 saturated carbocycles. The number of amides is 2. The highest BCUT2D eigenvalue weighted by molar-refractivity contribution is 5.98. The Morgan fingerprint density at radius 2 is 1.79 bits per heavy atom. The molecule has 1 rings (SSSR count). The second-order valence-corrected chi connectivity index (χ2v) is 6.10. The van der Waals surface area contributed by atoms with E-state index < -0.39 is 29.1 Å². The molecule has 0 radical (unpaired) electrons. The Morgan fingerprint density at radius 1 is 1.25 bits per heavy atom. The Morgan fingerprint density at radius 3 is 2.21 bits per heavy atom. The predicted octanol–water partition coefficient (Wildman–Crippen LogP) is 3.14. The molecule has 2 amide bonds. The molecule has 4 nitrogen and oxygen atoms in total. The summed E-state index contributed by atoms with van der Waals surface area (Å²) in [6, 6.07) is 2.31. The fourth-order valence-corrected chi connectivity index (χ4v) is 2.31. The molecule has 1 unspecified atom stereocenters. The van der Waals surface area contributed by atoms with Crippen LogP contribution in [0.1, 0.15) is 38.1 Å². The lowest BCUT2D eigenvalue weighted by atomic mass is 10.0. The number of rotatable bonds is 7. The van der Waals surface area contributed by atoms with Gasteiger partial charge in [0.15, 0.2) is 0 Å². The molecule has 0 heterocycles. The lowest BCUT2D eigenvalue weighted by Crippen LogP contribution is -2.51. The van der Waals surface area contributed by atoms with Gasteiger partial charge in [-0.05, 0) is 31.9 Å². The Bertz CT molecular complexity index is 609. The summed E-state index contributed by atoms with van der Waals surface area (Å²) in [5, 5.41) is 2.46. The summed E-state index contributed by atoms with van der Waals surface area (Å²) in [7, 11) is 0. The normalized spacial score (nSPS) is 12.0. The van der Waals surface area contributed by atoms with Crippen molar-refractivity contribution in [3.05, 3.63) is 47.5 Å². The van der Waals surface area contributed by atoms with Gasteiger partial charge in [0.1, 0.15) is 23.2 Å². The van der Waals surface area contributed by atoms with Gasteiger partial charge in [0, 0.05) is 13.1 Å². The van der Waals surface area contributed by atoms with Crippen LogP contribution in [0.15, 0.2) is 30.4 Å². The van der Waals surface area contributed by atoms with Crippen molar-refractivity contribution in [2.45, 2.75) is 33.7 Å². The van der Waals surface area contributed by atoms with Crippen LogP contribution in [-0.4, -0.2) is 35.8 Å². The summed E-state index contributed by atoms with van der Waals surface area (Å²) < 4.78 is 27.5. The van der Waals surface area contributed by atoms with Crippen LogP contribution in [0.3, 0.4) is 0 Å². The molecule has 0 aliphatic rings. The molecule has 6 heteroatoms. The third kappa shape index (κ3) is 4.88. The summed E-state index contributed by atoms with van der Waals surface area (Å²) >= 11 is 0. The summed E-state index contributed by atoms with van der Waals surface area (Å²) in [6.45, 7) is 11.7. The molecule has 1 aromatic rings. The maximum atomic E-state index is 13.7. The zero-order chi connectivity index (χ0) is 18.4. The molecule has 1 atom stereocenters. The minimum atomic E-state index is -0.961. The number of nitrogens with zero attached hydrogens (tertiary/aromatic N) is 1. The van der Waals surface area contributed by atoms with Crippen molar-refractivity contribution < 1.29 is 18.4 Å². The van der Waals surface area contributed by atoms with E-state index in [1.54, 1.807) is 25.7 Å². The van der Waals surface area contributed by atoms with E-state index in [0.29, 0.717) is 13.1 Å². The number of carbonyl (C=O) groups excluding carboxylic acids is 2. The first-order valence-electron chi connectivity index (χ1n) is 7.87. The van der Waals surface area contributed by atoms with Crippen LogP contribution in [0.5, 0.6) is 0 Å². The van der Waals surface area contributed by atoms with E-state index >= 15 is 0 Å². The highest BCUT2D eigenvalue weighted by Gasteiger charge is 2.30. The van der Waals surface area contributed by atoms with Gasteiger partial charge >= 0.3 is 0 Å². The van der Waals surface area contributed by atoms with Gasteiger partial charge in [0.05, 0.1) is 0 Å². The van der Waals surface area contributed by atoms with Crippen LogP contribution < -0.4 is 5.32 Å². The van der Waals surface area contributed by atoms with E-state index in [1.165, 1.54) is 6.07 Å². The number of hydrogen-bond acceptors (Lipinski definition) is 2. The Kier molecular flexibility index (Phi) is 7.07. The maximum Gasteiger partial charge on any atom is 0.257 e. The molecule has 0 spiro atoms. The van der Waals surface area contributed by atoms with E-state index in [0.717, 1.165) is 17.7 Å². The van der Waals surface area contributed by atoms with Gasteiger partial charge in [-0.15, -0.1) is 0 Å². The van der Waals surface area contributed by atoms with Gasteiger partial charge < -0.3 is 10.2 Å². The van der Waals surface area contributed by atoms with Crippen LogP contribution in [0, 0.1) is 17.6 Å². The lowest BCUT2D eigenvalue weighted by Gasteiger charge is -2.29. The van der Waals surface area contributed by atoms with Crippen molar-refractivity contribution in [2.75, 3.05) is 13.1 Å². The number of benzene rings is 1. The molecule has 0 aliphatic heterocycles. The predicted molar refractivity (Wildman–Crippen MR) is 89.5 cm³/mol. The molecule has 0 aliphatic carbocycles. The molecule has 1 aromatic carbocycles. The topological polar surface area (TPSA) is 49.4 Å². The van der Waals surface area contributed by atoms with Crippen LogP contribution in [0.25, 0.3) is 0 Å². The quantitative estimate of drug-likeness (QED) is 0.777. The van der Waals surface area contributed by atoms with Gasteiger partial charge in [-0.1, -0.05) is 32.1 Å². The molecule has 0 saturated heterocycles. The molecule has 24 heavy (non-hydrogen) atoms. The summed E-state index contributed by atoms with van der Waals surface area (Å²) in [5.41, 5.74) is 0.123. The second kappa shape index (κ2) is 8.57. The first-order chi connectivity index (χ1) is 11.2. The van der Waals surface area contributed by atoms with Gasteiger partial charge in [-0.2, -0.15) is 0 Å². The molecule has 0 aromatic heterocycles. The number of halogens is 2. The van der Waals surface area contributed by atoms with E-state index in [2.05, 4.69) is 11.9 Å². The zero-order valence-corrected chi connectivity index (χ0v) is 14.5. The molecular formula is C18H24F2N2O2. The van der Waals surface area contributed by atoms with Gasteiger partial charge in [0.2, 0.25) is 5.91 Å². The number of carbonyl (C=O) groups is 2. The summed E-state index contributed by atoms with van der Waals surface area (Å²) in [5.74, 6) is -3.41. The lowest BCUT2D eigenvalue weighted by molar-refractivity contribution is -0.133. The van der Waals surface area contributed by atoms with Crippen molar-refractivity contribution >= 4 is 11.8 Å². The van der Waals surface area contributed by atoms with E-state index in [-0.39, 0.29) is 11.8 Å². The van der Waals surface area contributed by atoms with Crippen LogP contribution in [-0.2, 0) is 4.79 Å². The third-order valence-electron chi connectivity index (χ3n) is 3.56. The minimum absolute atomic E-state index is 0.240. The summed E-state index contributed by atoms with van der Waals surface area (Å²) in [4.78, 5) is 26.5. The van der Waals surface area contributed by atoms with Crippen LogP contribution in [0.2, 0.25) is 0 Å². The fourth-order valence-electron chi connectivity index (χ4n) is 2.31. The van der Waals surface area contributed by atoms with Gasteiger partial charge in [-0.3, -0.25) is 9.59 Å². The standard InChI is InChI=1S/C18H24F2N2O2/c1-6-22(10-11(2)3)18(24)16(12(4)5)21-17(23)15-13(19)8-7-9-14(15)20/h7-9,12,16H,2,6,10H2,1,3-5H3,(H,21,23). The van der Waals surface area contributed by atoms with Crippen LogP contribution in [0.4, 0.5) is 8.78 Å². The maximum absolute atomic E-state index is 13.7. The number of nitrogens with one attached hydrogen (secondary N) is 1. The first kappa shape index (κ1) is 19.8. The number of likely N-dealkylation sites (N-methyl/N-ethyl adjacent to an activating group) is 1. The second-order valence-electron chi connectivity index (χ2n) is 6.10. The first-order valence-corrected chi connectivity index (χ1v) is 7.87. The van der Waals surface area contributed by atoms with Crippen LogP contribution >= 0.6 is 0 Å². The van der Waals surface area contributed by atoms with E-state index in [1.807, 2.05) is 6.92 Å². The monoisotopic (exact) mass is 338 g/mol. The Hall–Kier alpha value is -2.24. The van der Waals surface area contributed by atoms with Gasteiger partial charge in [0.25, 0.3) is 5.91 Å². The largest absolute Gasteiger partial charge is 0.340 e. The average molecular weight is 338 g/mol. The zero-order valence-electron chi connectivity index (χ0n) is 14.5. The minimum Gasteiger partial charge on any atom is -0.340 e. The fraction of sp³-hybridized carbons (Fsp3) is 0.444. The van der Waals surface area contributed by atoms with Crippen molar-refractivity contribution in [1.82, 2.24) is 10.2 Å². The van der Waals surface area contributed by atoms with Crippen molar-refractivity contribution in [1.29, 1.82) is 0 Å². The highest BCUT2D eigenvalue weighted by Crippen LogP contribution is 2.14. The van der Waals surface area contributed by atoms with Crippen molar-refractivity contribution in [3.63, 3.8) is 0 Å². The molecule has 1 N–H and O–H groups in total. The SMILES string of the molecule is C=C(C)CN(CC)C(=O)C(NC(=O)c1c(F)cccc1F)C(C)C. The highest BCUT2D eigenvalue weighted by atomic mass is 19.1. The van der Waals surface area contributed by atoms with E-state index in [4.69, 9.17) is 0 Å². The summed E-state index contributed by atoms with van der Waals surface area (Å²) in [6.07, 6.45) is 0. The van der Waals surface area contributed by atoms with E-state index in [9.17, 15) is 18.4 Å². The molecule has 0 bridgehead atoms. The van der Waals surface area contributed by atoms with Gasteiger partial charge in [-0.25, -0.2) is 8.78 Å².